The molecule has 0 spiro atoms. The summed E-state index contributed by atoms with van der Waals surface area (Å²) in [7, 11) is 0. The number of alkyl halides is 1. The van der Waals surface area contributed by atoms with Crippen LogP contribution in [0, 0.1) is 23.2 Å². The Morgan fingerprint density at radius 3 is 2.56 bits per heavy atom. The van der Waals surface area contributed by atoms with Crippen molar-refractivity contribution in [3.63, 3.8) is 0 Å². The smallest absolute Gasteiger partial charge is 0.0364 e. The standard InChI is InChI=1S/C15H25Cl/c1-10(2)12-5-7-15(4)8-6-14(16)11(3)13(15)9-12/h11-14H,1,5-9H2,2-4H3/t11-,12+,13-,14+,15-/m0/s1. The summed E-state index contributed by atoms with van der Waals surface area (Å²) in [6.07, 6.45) is 6.61. The van der Waals surface area contributed by atoms with Gasteiger partial charge in [-0.15, -0.1) is 11.6 Å². The first-order chi connectivity index (χ1) is 7.44. The number of hydrogen-bond acceptors (Lipinski definition) is 0. The maximum atomic E-state index is 6.45. The fourth-order valence-corrected chi connectivity index (χ4v) is 4.27. The van der Waals surface area contributed by atoms with Crippen LogP contribution in [0.4, 0.5) is 0 Å². The molecule has 1 heteroatoms. The van der Waals surface area contributed by atoms with Crippen LogP contribution in [0.3, 0.4) is 0 Å². The maximum Gasteiger partial charge on any atom is 0.0364 e. The molecule has 2 fully saturated rings. The molecule has 0 unspecified atom stereocenters. The molecule has 2 rings (SSSR count). The fourth-order valence-electron chi connectivity index (χ4n) is 3.99. The molecular weight excluding hydrogens is 216 g/mol. The van der Waals surface area contributed by atoms with Crippen molar-refractivity contribution in [2.24, 2.45) is 23.2 Å². The average molecular weight is 241 g/mol. The lowest BCUT2D eigenvalue weighted by Gasteiger charge is -2.52. The minimum atomic E-state index is 0.405. The van der Waals surface area contributed by atoms with E-state index in [-0.39, 0.29) is 0 Å². The van der Waals surface area contributed by atoms with Crippen molar-refractivity contribution in [3.05, 3.63) is 12.2 Å². The number of allylic oxidation sites excluding steroid dienone is 1. The summed E-state index contributed by atoms with van der Waals surface area (Å²) in [5, 5.41) is 0.405. The number of fused-ring (bicyclic) bond motifs is 1. The van der Waals surface area contributed by atoms with E-state index in [4.69, 9.17) is 11.6 Å². The van der Waals surface area contributed by atoms with Crippen LogP contribution in [-0.2, 0) is 0 Å². The highest BCUT2D eigenvalue weighted by molar-refractivity contribution is 6.20. The molecule has 92 valence electrons. The summed E-state index contributed by atoms with van der Waals surface area (Å²) in [6, 6.07) is 0. The van der Waals surface area contributed by atoms with E-state index < -0.39 is 0 Å². The molecule has 16 heavy (non-hydrogen) atoms. The minimum Gasteiger partial charge on any atom is -0.123 e. The second kappa shape index (κ2) is 4.37. The second-order valence-corrected chi connectivity index (χ2v) is 7.05. The second-order valence-electron chi connectivity index (χ2n) is 6.49. The van der Waals surface area contributed by atoms with E-state index in [0.717, 1.165) is 11.8 Å². The van der Waals surface area contributed by atoms with Crippen LogP contribution >= 0.6 is 11.6 Å². The highest BCUT2D eigenvalue weighted by Gasteiger charge is 2.47. The Hall–Kier alpha value is 0.0300. The van der Waals surface area contributed by atoms with E-state index in [1.165, 1.54) is 37.7 Å². The first kappa shape index (κ1) is 12.5. The Morgan fingerprint density at radius 1 is 1.31 bits per heavy atom. The van der Waals surface area contributed by atoms with Crippen LogP contribution in [-0.4, -0.2) is 5.38 Å². The fraction of sp³-hybridized carbons (Fsp3) is 0.867. The van der Waals surface area contributed by atoms with Gasteiger partial charge in [0.15, 0.2) is 0 Å². The average Bonchev–Trinajstić information content (AvgIpc) is 2.24. The molecule has 0 aromatic carbocycles. The van der Waals surface area contributed by atoms with Crippen LogP contribution in [0.25, 0.3) is 0 Å². The third-order valence-corrected chi connectivity index (χ3v) is 6.01. The number of halogens is 1. The normalized spacial score (nSPS) is 48.5. The van der Waals surface area contributed by atoms with Gasteiger partial charge >= 0.3 is 0 Å². The van der Waals surface area contributed by atoms with Crippen LogP contribution < -0.4 is 0 Å². The molecule has 0 saturated heterocycles. The Bertz CT molecular complexity index is 283. The van der Waals surface area contributed by atoms with Gasteiger partial charge in [0, 0.05) is 5.38 Å². The van der Waals surface area contributed by atoms with Crippen molar-refractivity contribution in [2.75, 3.05) is 0 Å². The summed E-state index contributed by atoms with van der Waals surface area (Å²) < 4.78 is 0. The highest BCUT2D eigenvalue weighted by atomic mass is 35.5. The lowest BCUT2D eigenvalue weighted by atomic mass is 9.54. The zero-order valence-electron chi connectivity index (χ0n) is 10.9. The molecule has 0 heterocycles. The van der Waals surface area contributed by atoms with Gasteiger partial charge in [0.25, 0.3) is 0 Å². The van der Waals surface area contributed by atoms with Crippen molar-refractivity contribution >= 4 is 11.6 Å². The third-order valence-electron chi connectivity index (χ3n) is 5.39. The predicted octanol–water partition coefficient (Wildman–Crippen LogP) is 5.02. The molecule has 0 radical (unpaired) electrons. The van der Waals surface area contributed by atoms with Crippen LogP contribution in [0.15, 0.2) is 12.2 Å². The Balaban J connectivity index is 2.15. The van der Waals surface area contributed by atoms with Gasteiger partial charge in [0.05, 0.1) is 0 Å². The molecule has 0 aliphatic heterocycles. The molecule has 0 nitrogen and oxygen atoms in total. The van der Waals surface area contributed by atoms with Gasteiger partial charge in [-0.25, -0.2) is 0 Å². The van der Waals surface area contributed by atoms with Gasteiger partial charge in [-0.05, 0) is 62.2 Å². The van der Waals surface area contributed by atoms with Crippen LogP contribution in [0.5, 0.6) is 0 Å². The van der Waals surface area contributed by atoms with Crippen molar-refractivity contribution in [2.45, 2.75) is 58.3 Å². The Morgan fingerprint density at radius 2 is 1.94 bits per heavy atom. The van der Waals surface area contributed by atoms with Gasteiger partial charge in [-0.1, -0.05) is 26.0 Å². The van der Waals surface area contributed by atoms with E-state index in [0.29, 0.717) is 16.7 Å². The van der Waals surface area contributed by atoms with Gasteiger partial charge in [-0.3, -0.25) is 0 Å². The minimum absolute atomic E-state index is 0.405. The zero-order valence-corrected chi connectivity index (χ0v) is 11.7. The quantitative estimate of drug-likeness (QED) is 0.446. The highest BCUT2D eigenvalue weighted by Crippen LogP contribution is 2.55. The number of hydrogen-bond donors (Lipinski definition) is 0. The zero-order chi connectivity index (χ0) is 11.9. The van der Waals surface area contributed by atoms with Crippen molar-refractivity contribution in [3.8, 4) is 0 Å². The summed E-state index contributed by atoms with van der Waals surface area (Å²) >= 11 is 6.45. The topological polar surface area (TPSA) is 0 Å². The van der Waals surface area contributed by atoms with E-state index in [1.807, 2.05) is 0 Å². The Kier molecular flexibility index (Phi) is 3.41. The van der Waals surface area contributed by atoms with Crippen LogP contribution in [0.2, 0.25) is 0 Å². The van der Waals surface area contributed by atoms with E-state index in [2.05, 4.69) is 27.4 Å². The van der Waals surface area contributed by atoms with Crippen molar-refractivity contribution in [1.82, 2.24) is 0 Å². The van der Waals surface area contributed by atoms with E-state index >= 15 is 0 Å². The first-order valence-corrected chi connectivity index (χ1v) is 7.17. The maximum absolute atomic E-state index is 6.45. The molecule has 0 N–H and O–H groups in total. The van der Waals surface area contributed by atoms with E-state index in [9.17, 15) is 0 Å². The van der Waals surface area contributed by atoms with Gasteiger partial charge in [0.2, 0.25) is 0 Å². The molecule has 2 aliphatic rings. The molecule has 2 aliphatic carbocycles. The Labute approximate surface area is 105 Å². The SMILES string of the molecule is C=C(C)[C@@H]1CC[C@@]2(C)CC[C@@H](Cl)[C@@H](C)[C@@H]2C1. The molecule has 0 aromatic rings. The molecule has 2 saturated carbocycles. The van der Waals surface area contributed by atoms with Gasteiger partial charge in [-0.2, -0.15) is 0 Å². The van der Waals surface area contributed by atoms with Gasteiger partial charge < -0.3 is 0 Å². The summed E-state index contributed by atoms with van der Waals surface area (Å²) in [5.74, 6) is 2.25. The molecule has 0 amide bonds. The largest absolute Gasteiger partial charge is 0.123 e. The van der Waals surface area contributed by atoms with Crippen LogP contribution in [0.1, 0.15) is 52.9 Å². The lowest BCUT2D eigenvalue weighted by Crippen LogP contribution is -2.45. The summed E-state index contributed by atoms with van der Waals surface area (Å²) in [6.45, 7) is 11.2. The van der Waals surface area contributed by atoms with E-state index in [1.54, 1.807) is 0 Å². The third kappa shape index (κ3) is 2.06. The lowest BCUT2D eigenvalue weighted by molar-refractivity contribution is 0.00965. The monoisotopic (exact) mass is 240 g/mol. The summed E-state index contributed by atoms with van der Waals surface area (Å²) in [4.78, 5) is 0. The summed E-state index contributed by atoms with van der Waals surface area (Å²) in [5.41, 5.74) is 1.95. The molecule has 0 aromatic heterocycles. The van der Waals surface area contributed by atoms with Crippen molar-refractivity contribution < 1.29 is 0 Å². The molecular formula is C15H25Cl. The molecule has 5 atom stereocenters. The first-order valence-electron chi connectivity index (χ1n) is 6.73. The molecule has 0 bridgehead atoms. The number of rotatable bonds is 1. The van der Waals surface area contributed by atoms with Crippen molar-refractivity contribution in [1.29, 1.82) is 0 Å². The predicted molar refractivity (Wildman–Crippen MR) is 71.8 cm³/mol. The van der Waals surface area contributed by atoms with Gasteiger partial charge in [0.1, 0.15) is 0 Å².